The van der Waals surface area contributed by atoms with Crippen LogP contribution in [0.15, 0.2) is 23.1 Å². The van der Waals surface area contributed by atoms with Gasteiger partial charge in [-0.1, -0.05) is 6.42 Å². The van der Waals surface area contributed by atoms with Crippen LogP contribution in [-0.4, -0.2) is 31.9 Å². The third kappa shape index (κ3) is 3.07. The van der Waals surface area contributed by atoms with E-state index in [2.05, 4.69) is 0 Å². The summed E-state index contributed by atoms with van der Waals surface area (Å²) in [4.78, 5) is -0.0530. The van der Waals surface area contributed by atoms with Crippen molar-refractivity contribution in [1.29, 1.82) is 0 Å². The SMILES string of the molecule is Cc1cc(C(F)(F)F)ccc1S(=O)(=O)N1CC2CCCC(N)C2C1. The van der Waals surface area contributed by atoms with Crippen LogP contribution < -0.4 is 5.73 Å². The van der Waals surface area contributed by atoms with E-state index in [1.54, 1.807) is 0 Å². The van der Waals surface area contributed by atoms with E-state index in [-0.39, 0.29) is 28.3 Å². The van der Waals surface area contributed by atoms with Gasteiger partial charge in [-0.2, -0.15) is 17.5 Å². The Kier molecular flexibility index (Phi) is 4.42. The highest BCUT2D eigenvalue weighted by Gasteiger charge is 2.43. The van der Waals surface area contributed by atoms with Crippen LogP contribution >= 0.6 is 0 Å². The first kappa shape index (κ1) is 17.7. The number of nitrogens with zero attached hydrogens (tertiary/aromatic N) is 1. The van der Waals surface area contributed by atoms with Gasteiger partial charge in [0, 0.05) is 19.1 Å². The van der Waals surface area contributed by atoms with Crippen molar-refractivity contribution in [3.05, 3.63) is 29.3 Å². The van der Waals surface area contributed by atoms with Crippen molar-refractivity contribution >= 4 is 10.0 Å². The zero-order chi connectivity index (χ0) is 17.7. The van der Waals surface area contributed by atoms with Gasteiger partial charge in [-0.25, -0.2) is 8.42 Å². The number of sulfonamides is 1. The number of alkyl halides is 3. The Labute approximate surface area is 139 Å². The van der Waals surface area contributed by atoms with Crippen LogP contribution in [0.1, 0.15) is 30.4 Å². The summed E-state index contributed by atoms with van der Waals surface area (Å²) in [6.07, 6.45) is -1.64. The lowest BCUT2D eigenvalue weighted by atomic mass is 9.78. The molecule has 1 heterocycles. The molecule has 3 rings (SSSR count). The van der Waals surface area contributed by atoms with Gasteiger partial charge >= 0.3 is 6.18 Å². The molecule has 2 fully saturated rings. The first-order valence-electron chi connectivity index (χ1n) is 8.04. The second-order valence-corrected chi connectivity index (χ2v) is 8.73. The molecule has 0 bridgehead atoms. The average Bonchev–Trinajstić information content (AvgIpc) is 2.92. The molecule has 1 aromatic rings. The molecule has 1 saturated heterocycles. The lowest BCUT2D eigenvalue weighted by Gasteiger charge is -2.29. The second kappa shape index (κ2) is 6.00. The quantitative estimate of drug-likeness (QED) is 0.880. The minimum atomic E-state index is -4.48. The maximum absolute atomic E-state index is 12.9. The number of hydrogen-bond acceptors (Lipinski definition) is 3. The topological polar surface area (TPSA) is 63.4 Å². The highest BCUT2D eigenvalue weighted by Crippen LogP contribution is 2.39. The molecule has 2 N–H and O–H groups in total. The van der Waals surface area contributed by atoms with Gasteiger partial charge in [0.1, 0.15) is 0 Å². The Morgan fingerprint density at radius 2 is 1.92 bits per heavy atom. The monoisotopic (exact) mass is 362 g/mol. The molecule has 24 heavy (non-hydrogen) atoms. The van der Waals surface area contributed by atoms with E-state index >= 15 is 0 Å². The van der Waals surface area contributed by atoms with E-state index in [0.29, 0.717) is 13.1 Å². The number of fused-ring (bicyclic) bond motifs is 1. The Morgan fingerprint density at radius 1 is 1.21 bits per heavy atom. The number of nitrogens with two attached hydrogens (primary N) is 1. The molecule has 1 aliphatic heterocycles. The molecule has 3 unspecified atom stereocenters. The van der Waals surface area contributed by atoms with Crippen molar-refractivity contribution in [3.8, 4) is 0 Å². The van der Waals surface area contributed by atoms with Crippen molar-refractivity contribution in [1.82, 2.24) is 4.31 Å². The molecule has 1 aliphatic carbocycles. The van der Waals surface area contributed by atoms with Crippen LogP contribution in [0.2, 0.25) is 0 Å². The molecule has 1 aromatic carbocycles. The summed E-state index contributed by atoms with van der Waals surface area (Å²) in [5.74, 6) is 0.390. The Bertz CT molecular complexity index is 733. The van der Waals surface area contributed by atoms with Gasteiger partial charge in [-0.3, -0.25) is 0 Å². The third-order valence-electron chi connectivity index (χ3n) is 5.24. The number of halogens is 3. The first-order valence-corrected chi connectivity index (χ1v) is 9.48. The van der Waals surface area contributed by atoms with Gasteiger partial charge in [0.25, 0.3) is 0 Å². The maximum Gasteiger partial charge on any atom is 0.416 e. The van der Waals surface area contributed by atoms with E-state index in [1.807, 2.05) is 0 Å². The summed E-state index contributed by atoms with van der Waals surface area (Å²) < 4.78 is 65.4. The highest BCUT2D eigenvalue weighted by atomic mass is 32.2. The van der Waals surface area contributed by atoms with Crippen molar-refractivity contribution < 1.29 is 21.6 Å². The van der Waals surface area contributed by atoms with Crippen LogP contribution in [0.5, 0.6) is 0 Å². The fourth-order valence-electron chi connectivity index (χ4n) is 3.93. The molecule has 3 atom stereocenters. The van der Waals surface area contributed by atoms with Gasteiger partial charge in [0.2, 0.25) is 10.0 Å². The normalized spacial score (nSPS) is 28.8. The van der Waals surface area contributed by atoms with E-state index in [1.165, 1.54) is 11.2 Å². The van der Waals surface area contributed by atoms with Crippen molar-refractivity contribution in [2.75, 3.05) is 13.1 Å². The lowest BCUT2D eigenvalue weighted by molar-refractivity contribution is -0.137. The predicted molar refractivity (Wildman–Crippen MR) is 83.7 cm³/mol. The summed E-state index contributed by atoms with van der Waals surface area (Å²) in [6.45, 7) is 2.16. The standard InChI is InChI=1S/C16H21F3N2O2S/c1-10-7-12(16(17,18)19)5-6-15(10)24(22,23)21-8-11-3-2-4-14(20)13(11)9-21/h5-7,11,13-14H,2-4,8-9,20H2,1H3. The van der Waals surface area contributed by atoms with Crippen LogP contribution in [0.3, 0.4) is 0 Å². The molecule has 1 saturated carbocycles. The van der Waals surface area contributed by atoms with Crippen molar-refractivity contribution in [2.45, 2.75) is 43.3 Å². The summed E-state index contributed by atoms with van der Waals surface area (Å²) in [5.41, 5.74) is 5.39. The molecule has 0 spiro atoms. The Hall–Kier alpha value is -1.12. The van der Waals surface area contributed by atoms with Gasteiger partial charge in [0.15, 0.2) is 0 Å². The number of hydrogen-bond donors (Lipinski definition) is 1. The predicted octanol–water partition coefficient (Wildman–Crippen LogP) is 2.76. The fourth-order valence-corrected chi connectivity index (χ4v) is 5.67. The van der Waals surface area contributed by atoms with Gasteiger partial charge in [-0.15, -0.1) is 0 Å². The van der Waals surface area contributed by atoms with Crippen LogP contribution in [0, 0.1) is 18.8 Å². The van der Waals surface area contributed by atoms with Crippen molar-refractivity contribution in [2.24, 2.45) is 17.6 Å². The van der Waals surface area contributed by atoms with E-state index in [9.17, 15) is 21.6 Å². The molecule has 0 radical (unpaired) electrons. The lowest BCUT2D eigenvalue weighted by Crippen LogP contribution is -2.38. The van der Waals surface area contributed by atoms with Crippen molar-refractivity contribution in [3.63, 3.8) is 0 Å². The number of aryl methyl sites for hydroxylation is 1. The smallest absolute Gasteiger partial charge is 0.327 e. The first-order chi connectivity index (χ1) is 11.1. The van der Waals surface area contributed by atoms with Gasteiger partial charge in [0.05, 0.1) is 10.5 Å². The summed E-state index contributed by atoms with van der Waals surface area (Å²) in [6, 6.07) is 2.78. The molecular formula is C16H21F3N2O2S. The molecule has 0 aromatic heterocycles. The van der Waals surface area contributed by atoms with E-state index < -0.39 is 21.8 Å². The summed E-state index contributed by atoms with van der Waals surface area (Å²) in [7, 11) is -3.80. The van der Waals surface area contributed by atoms with E-state index in [0.717, 1.165) is 37.5 Å². The zero-order valence-corrected chi connectivity index (χ0v) is 14.2. The number of benzene rings is 1. The molecule has 0 amide bonds. The number of rotatable bonds is 2. The summed E-state index contributed by atoms with van der Waals surface area (Å²) >= 11 is 0. The minimum absolute atomic E-state index is 0.00217. The Balaban J connectivity index is 1.89. The Morgan fingerprint density at radius 3 is 2.50 bits per heavy atom. The molecule has 4 nitrogen and oxygen atoms in total. The molecule has 2 aliphatic rings. The van der Waals surface area contributed by atoms with Crippen LogP contribution in [0.4, 0.5) is 13.2 Å². The van der Waals surface area contributed by atoms with Gasteiger partial charge < -0.3 is 5.73 Å². The molecule has 134 valence electrons. The zero-order valence-electron chi connectivity index (χ0n) is 13.4. The van der Waals surface area contributed by atoms with Crippen LogP contribution in [0.25, 0.3) is 0 Å². The molecule has 8 heteroatoms. The largest absolute Gasteiger partial charge is 0.416 e. The van der Waals surface area contributed by atoms with Crippen LogP contribution in [-0.2, 0) is 16.2 Å². The molecular weight excluding hydrogens is 341 g/mol. The van der Waals surface area contributed by atoms with E-state index in [4.69, 9.17) is 5.73 Å². The highest BCUT2D eigenvalue weighted by molar-refractivity contribution is 7.89. The van der Waals surface area contributed by atoms with Gasteiger partial charge in [-0.05, 0) is 55.4 Å². The minimum Gasteiger partial charge on any atom is -0.327 e. The average molecular weight is 362 g/mol. The fraction of sp³-hybridized carbons (Fsp3) is 0.625. The third-order valence-corrected chi connectivity index (χ3v) is 7.23. The second-order valence-electron chi connectivity index (χ2n) is 6.82. The maximum atomic E-state index is 12.9. The summed E-state index contributed by atoms with van der Waals surface area (Å²) in [5, 5.41) is 0.